The van der Waals surface area contributed by atoms with E-state index in [2.05, 4.69) is 11.8 Å². The van der Waals surface area contributed by atoms with E-state index in [1.165, 1.54) is 11.3 Å². The van der Waals surface area contributed by atoms with Crippen LogP contribution < -0.4 is 4.90 Å². The highest BCUT2D eigenvalue weighted by Gasteiger charge is 2.31. The Balaban J connectivity index is 2.20. The minimum atomic E-state index is 0.202. The van der Waals surface area contributed by atoms with Crippen molar-refractivity contribution in [3.8, 4) is 0 Å². The van der Waals surface area contributed by atoms with E-state index in [-0.39, 0.29) is 6.04 Å². The van der Waals surface area contributed by atoms with E-state index in [9.17, 15) is 4.79 Å². The van der Waals surface area contributed by atoms with Gasteiger partial charge < -0.3 is 14.4 Å². The molecule has 1 heterocycles. The molecule has 20 heavy (non-hydrogen) atoms. The van der Waals surface area contributed by atoms with Crippen molar-refractivity contribution in [3.05, 3.63) is 10.6 Å². The molecular formula is C14H22N2O3S. The number of aromatic nitrogens is 1. The minimum absolute atomic E-state index is 0.202. The van der Waals surface area contributed by atoms with Crippen LogP contribution in [0.1, 0.15) is 41.0 Å². The predicted molar refractivity (Wildman–Crippen MR) is 80.0 cm³/mol. The Morgan fingerprint density at radius 2 is 2.20 bits per heavy atom. The van der Waals surface area contributed by atoms with Gasteiger partial charge in [0, 0.05) is 26.7 Å². The molecule has 1 aromatic heterocycles. The molecule has 0 aliphatic heterocycles. The Morgan fingerprint density at radius 1 is 1.45 bits per heavy atom. The zero-order valence-electron chi connectivity index (χ0n) is 12.3. The lowest BCUT2D eigenvalue weighted by Gasteiger charge is -2.28. The number of thiazole rings is 1. The maximum Gasteiger partial charge on any atom is 0.186 e. The molecule has 0 N–H and O–H groups in total. The van der Waals surface area contributed by atoms with Crippen molar-refractivity contribution in [1.29, 1.82) is 0 Å². The monoisotopic (exact) mass is 298 g/mol. The lowest BCUT2D eigenvalue weighted by atomic mass is 10.2. The number of aldehydes is 1. The van der Waals surface area contributed by atoms with E-state index >= 15 is 0 Å². The molecule has 1 atom stereocenters. The molecule has 6 heteroatoms. The van der Waals surface area contributed by atoms with E-state index in [0.29, 0.717) is 19.1 Å². The summed E-state index contributed by atoms with van der Waals surface area (Å²) in [5.41, 5.74) is 0.979. The number of methoxy groups -OCH3 is 2. The summed E-state index contributed by atoms with van der Waals surface area (Å²) in [6.45, 7) is 4.09. The van der Waals surface area contributed by atoms with Crippen LogP contribution in [-0.4, -0.2) is 51.3 Å². The summed E-state index contributed by atoms with van der Waals surface area (Å²) in [6.07, 6.45) is 3.23. The van der Waals surface area contributed by atoms with Crippen LogP contribution >= 0.6 is 11.3 Å². The number of rotatable bonds is 9. The molecule has 0 radical (unpaired) electrons. The first kappa shape index (κ1) is 15.4. The Kier molecular flexibility index (Phi) is 5.51. The van der Waals surface area contributed by atoms with Gasteiger partial charge in [-0.25, -0.2) is 4.98 Å². The third-order valence-electron chi connectivity index (χ3n) is 3.46. The fraction of sp³-hybridized carbons (Fsp3) is 0.714. The number of nitrogens with zero attached hydrogens (tertiary/aromatic N) is 2. The van der Waals surface area contributed by atoms with Gasteiger partial charge in [-0.2, -0.15) is 0 Å². The van der Waals surface area contributed by atoms with Gasteiger partial charge in [0.2, 0.25) is 0 Å². The second-order valence-electron chi connectivity index (χ2n) is 5.13. The second kappa shape index (κ2) is 7.15. The molecular weight excluding hydrogens is 276 g/mol. The Hall–Kier alpha value is -0.980. The molecule has 2 rings (SSSR count). The van der Waals surface area contributed by atoms with Crippen LogP contribution in [0.5, 0.6) is 0 Å². The maximum absolute atomic E-state index is 11.2. The largest absolute Gasteiger partial charge is 0.383 e. The summed E-state index contributed by atoms with van der Waals surface area (Å²) >= 11 is 1.48. The van der Waals surface area contributed by atoms with Gasteiger partial charge in [0.25, 0.3) is 0 Å². The summed E-state index contributed by atoms with van der Waals surface area (Å²) < 4.78 is 10.4. The molecule has 0 aromatic carbocycles. The summed E-state index contributed by atoms with van der Waals surface area (Å²) in [7, 11) is 3.38. The average molecular weight is 298 g/mol. The van der Waals surface area contributed by atoms with Gasteiger partial charge in [-0.15, -0.1) is 0 Å². The molecule has 112 valence electrons. The fourth-order valence-electron chi connectivity index (χ4n) is 2.21. The van der Waals surface area contributed by atoms with Gasteiger partial charge in [0.05, 0.1) is 29.8 Å². The standard InChI is InChI=1S/C14H22N2O3S/c1-10(9-19-3)16(6-7-18-2)14-15-13(11-4-5-11)12(8-17)20-14/h8,10-11H,4-7,9H2,1-3H3. The van der Waals surface area contributed by atoms with E-state index in [1.54, 1.807) is 14.2 Å². The van der Waals surface area contributed by atoms with Crippen molar-refractivity contribution in [1.82, 2.24) is 4.98 Å². The SMILES string of the molecule is COCCN(c1nc(C2CC2)c(C=O)s1)C(C)COC. The lowest BCUT2D eigenvalue weighted by Crippen LogP contribution is -2.38. The molecule has 1 saturated carbocycles. The number of carbonyl (C=O) groups excluding carboxylic acids is 1. The normalized spacial score (nSPS) is 16.1. The van der Waals surface area contributed by atoms with Crippen LogP contribution in [0.15, 0.2) is 0 Å². The summed E-state index contributed by atoms with van der Waals surface area (Å²) in [5.74, 6) is 0.488. The first-order valence-corrected chi connectivity index (χ1v) is 7.73. The fourth-order valence-corrected chi connectivity index (χ4v) is 3.31. The van der Waals surface area contributed by atoms with Gasteiger partial charge in [-0.1, -0.05) is 11.3 Å². The molecule has 1 aromatic rings. The third-order valence-corrected chi connectivity index (χ3v) is 4.50. The molecule has 0 saturated heterocycles. The highest BCUT2D eigenvalue weighted by atomic mass is 32.1. The first-order valence-electron chi connectivity index (χ1n) is 6.91. The Bertz CT molecular complexity index is 446. The maximum atomic E-state index is 11.2. The van der Waals surface area contributed by atoms with Gasteiger partial charge in [0.15, 0.2) is 11.4 Å². The molecule has 1 aliphatic carbocycles. The minimum Gasteiger partial charge on any atom is -0.383 e. The first-order chi connectivity index (χ1) is 9.71. The van der Waals surface area contributed by atoms with E-state index in [0.717, 1.165) is 41.4 Å². The van der Waals surface area contributed by atoms with E-state index < -0.39 is 0 Å². The zero-order chi connectivity index (χ0) is 14.5. The number of anilines is 1. The topological polar surface area (TPSA) is 51.7 Å². The van der Waals surface area contributed by atoms with E-state index in [4.69, 9.17) is 14.5 Å². The second-order valence-corrected chi connectivity index (χ2v) is 6.14. The van der Waals surface area contributed by atoms with Gasteiger partial charge in [0.1, 0.15) is 0 Å². The van der Waals surface area contributed by atoms with Crippen LogP contribution in [0.2, 0.25) is 0 Å². The van der Waals surface area contributed by atoms with Gasteiger partial charge >= 0.3 is 0 Å². The molecule has 0 spiro atoms. The van der Waals surface area contributed by atoms with Gasteiger partial charge in [-0.05, 0) is 19.8 Å². The van der Waals surface area contributed by atoms with Crippen molar-refractivity contribution in [2.24, 2.45) is 0 Å². The smallest absolute Gasteiger partial charge is 0.186 e. The van der Waals surface area contributed by atoms with Crippen molar-refractivity contribution < 1.29 is 14.3 Å². The van der Waals surface area contributed by atoms with Crippen molar-refractivity contribution >= 4 is 22.8 Å². The number of carbonyl (C=O) groups is 1. The summed E-state index contributed by atoms with van der Waals surface area (Å²) in [6, 6.07) is 0.202. The van der Waals surface area contributed by atoms with Crippen molar-refractivity contribution in [2.45, 2.75) is 31.7 Å². The number of hydrogen-bond acceptors (Lipinski definition) is 6. The van der Waals surface area contributed by atoms with E-state index in [1.807, 2.05) is 0 Å². The summed E-state index contributed by atoms with van der Waals surface area (Å²) in [4.78, 5) is 18.8. The van der Waals surface area contributed by atoms with Crippen molar-refractivity contribution in [3.63, 3.8) is 0 Å². The number of hydrogen-bond donors (Lipinski definition) is 0. The molecule has 5 nitrogen and oxygen atoms in total. The van der Waals surface area contributed by atoms with Crippen LogP contribution in [0.3, 0.4) is 0 Å². The Morgan fingerprint density at radius 3 is 2.75 bits per heavy atom. The zero-order valence-corrected chi connectivity index (χ0v) is 13.1. The quantitative estimate of drug-likeness (QED) is 0.655. The van der Waals surface area contributed by atoms with Crippen LogP contribution in [0, 0.1) is 0 Å². The highest BCUT2D eigenvalue weighted by Crippen LogP contribution is 2.43. The van der Waals surface area contributed by atoms with Crippen LogP contribution in [-0.2, 0) is 9.47 Å². The average Bonchev–Trinajstić information content (AvgIpc) is 3.20. The molecule has 0 amide bonds. The molecule has 0 bridgehead atoms. The molecule has 1 fully saturated rings. The lowest BCUT2D eigenvalue weighted by molar-refractivity contribution is 0.112. The van der Waals surface area contributed by atoms with Crippen LogP contribution in [0.25, 0.3) is 0 Å². The summed E-state index contributed by atoms with van der Waals surface area (Å²) in [5, 5.41) is 0.899. The van der Waals surface area contributed by atoms with Crippen LogP contribution in [0.4, 0.5) is 5.13 Å². The number of ether oxygens (including phenoxy) is 2. The third kappa shape index (κ3) is 3.56. The van der Waals surface area contributed by atoms with Crippen molar-refractivity contribution in [2.75, 3.05) is 38.9 Å². The molecule has 1 aliphatic rings. The Labute approximate surface area is 123 Å². The highest BCUT2D eigenvalue weighted by molar-refractivity contribution is 7.17. The predicted octanol–water partition coefficient (Wildman–Crippen LogP) is 2.32. The molecule has 1 unspecified atom stereocenters. The van der Waals surface area contributed by atoms with Gasteiger partial charge in [-0.3, -0.25) is 4.79 Å².